The van der Waals surface area contributed by atoms with Crippen LogP contribution in [0.15, 0.2) is 21.7 Å². The van der Waals surface area contributed by atoms with Gasteiger partial charge in [0.25, 0.3) is 0 Å². The lowest BCUT2D eigenvalue weighted by Crippen LogP contribution is -2.29. The number of rotatable bonds is 7. The number of nitrogens with one attached hydrogen (secondary N) is 1. The lowest BCUT2D eigenvalue weighted by atomic mass is 10.0. The number of amides is 1. The topological polar surface area (TPSA) is 49.3 Å². The monoisotopic (exact) mass is 259 g/mol. The van der Waals surface area contributed by atoms with Crippen molar-refractivity contribution in [1.82, 2.24) is 5.48 Å². The van der Waals surface area contributed by atoms with E-state index in [2.05, 4.69) is 6.92 Å². The van der Waals surface area contributed by atoms with E-state index in [1.54, 1.807) is 28.6 Å². The summed E-state index contributed by atoms with van der Waals surface area (Å²) in [6, 6.07) is 4.04. The third-order valence-electron chi connectivity index (χ3n) is 2.31. The molecule has 0 bridgehead atoms. The van der Waals surface area contributed by atoms with Gasteiger partial charge in [0.05, 0.1) is 4.21 Å². The van der Waals surface area contributed by atoms with Crippen LogP contribution in [0.1, 0.15) is 26.2 Å². The molecule has 0 saturated carbocycles. The Morgan fingerprint density at radius 2 is 2.50 bits per heavy atom. The highest BCUT2D eigenvalue weighted by Crippen LogP contribution is 2.27. The van der Waals surface area contributed by atoms with Gasteiger partial charge in [0.1, 0.15) is 0 Å². The predicted octanol–water partition coefficient (Wildman–Crippen LogP) is 3.15. The zero-order valence-corrected chi connectivity index (χ0v) is 10.9. The van der Waals surface area contributed by atoms with Crippen LogP contribution in [0.2, 0.25) is 0 Å². The SMILES string of the molecule is CCCC[C@H](CSc1cccs1)C(=O)NO. The van der Waals surface area contributed by atoms with Crippen molar-refractivity contribution in [3.63, 3.8) is 0 Å². The fraction of sp³-hybridized carbons (Fsp3) is 0.545. The smallest absolute Gasteiger partial charge is 0.247 e. The molecule has 0 unspecified atom stereocenters. The minimum absolute atomic E-state index is 0.1000. The highest BCUT2D eigenvalue weighted by molar-refractivity contribution is 8.01. The van der Waals surface area contributed by atoms with E-state index in [0.717, 1.165) is 25.0 Å². The van der Waals surface area contributed by atoms with Crippen molar-refractivity contribution >= 4 is 29.0 Å². The van der Waals surface area contributed by atoms with Gasteiger partial charge >= 0.3 is 0 Å². The van der Waals surface area contributed by atoms with Crippen molar-refractivity contribution < 1.29 is 10.0 Å². The molecule has 5 heteroatoms. The van der Waals surface area contributed by atoms with Crippen LogP contribution in [0.5, 0.6) is 0 Å². The third-order valence-corrected chi connectivity index (χ3v) is 4.60. The molecule has 0 fully saturated rings. The van der Waals surface area contributed by atoms with Gasteiger partial charge in [0.2, 0.25) is 5.91 Å². The molecule has 0 saturated heterocycles. The van der Waals surface area contributed by atoms with Gasteiger partial charge in [-0.2, -0.15) is 0 Å². The summed E-state index contributed by atoms with van der Waals surface area (Å²) in [6.45, 7) is 2.10. The molecule has 16 heavy (non-hydrogen) atoms. The number of unbranched alkanes of at least 4 members (excludes halogenated alkanes) is 1. The van der Waals surface area contributed by atoms with Crippen molar-refractivity contribution in [3.05, 3.63) is 17.5 Å². The average Bonchev–Trinajstić information content (AvgIpc) is 2.81. The number of hydrogen-bond acceptors (Lipinski definition) is 4. The van der Waals surface area contributed by atoms with Gasteiger partial charge in [-0.1, -0.05) is 25.8 Å². The van der Waals surface area contributed by atoms with E-state index in [-0.39, 0.29) is 11.8 Å². The number of carbonyl (C=O) groups excluding carboxylic acids is 1. The Labute approximate surface area is 104 Å². The second-order valence-corrected chi connectivity index (χ2v) is 5.83. The van der Waals surface area contributed by atoms with Crippen molar-refractivity contribution in [2.75, 3.05) is 5.75 Å². The van der Waals surface area contributed by atoms with E-state index in [0.29, 0.717) is 0 Å². The molecule has 2 N–H and O–H groups in total. The van der Waals surface area contributed by atoms with Gasteiger partial charge in [-0.05, 0) is 17.9 Å². The Balaban J connectivity index is 2.40. The van der Waals surface area contributed by atoms with Crippen LogP contribution < -0.4 is 5.48 Å². The van der Waals surface area contributed by atoms with Crippen LogP contribution in [-0.2, 0) is 4.79 Å². The van der Waals surface area contributed by atoms with E-state index in [1.807, 2.05) is 17.5 Å². The molecule has 3 nitrogen and oxygen atoms in total. The molecule has 1 heterocycles. The van der Waals surface area contributed by atoms with Gasteiger partial charge in [0.15, 0.2) is 0 Å². The number of carbonyl (C=O) groups is 1. The first-order chi connectivity index (χ1) is 7.77. The average molecular weight is 259 g/mol. The normalized spacial score (nSPS) is 12.4. The highest BCUT2D eigenvalue weighted by Gasteiger charge is 2.17. The molecule has 1 amide bonds. The maximum Gasteiger partial charge on any atom is 0.247 e. The lowest BCUT2D eigenvalue weighted by molar-refractivity contribution is -0.132. The zero-order valence-electron chi connectivity index (χ0n) is 9.31. The van der Waals surface area contributed by atoms with Crippen LogP contribution in [-0.4, -0.2) is 16.9 Å². The minimum atomic E-state index is -0.266. The minimum Gasteiger partial charge on any atom is -0.289 e. The molecule has 1 aromatic rings. The fourth-order valence-corrected chi connectivity index (χ4v) is 3.31. The first-order valence-electron chi connectivity index (χ1n) is 5.38. The van der Waals surface area contributed by atoms with Gasteiger partial charge in [-0.25, -0.2) is 5.48 Å². The fourth-order valence-electron chi connectivity index (χ4n) is 1.36. The second kappa shape index (κ2) is 7.70. The quantitative estimate of drug-likeness (QED) is 0.449. The number of hydrogen-bond donors (Lipinski definition) is 2. The summed E-state index contributed by atoms with van der Waals surface area (Å²) < 4.78 is 1.22. The van der Waals surface area contributed by atoms with Crippen molar-refractivity contribution in [2.24, 2.45) is 5.92 Å². The number of thiophene rings is 1. The summed E-state index contributed by atoms with van der Waals surface area (Å²) in [7, 11) is 0. The predicted molar refractivity (Wildman–Crippen MR) is 68.0 cm³/mol. The van der Waals surface area contributed by atoms with Crippen LogP contribution in [0, 0.1) is 5.92 Å². The standard InChI is InChI=1S/C11H17NO2S2/c1-2-3-5-9(11(13)12-14)8-16-10-6-4-7-15-10/h4,6-7,9,14H,2-3,5,8H2,1H3,(H,12,13)/t9-/m1/s1. The molecule has 0 aromatic carbocycles. The maximum absolute atomic E-state index is 11.4. The Kier molecular flexibility index (Phi) is 6.52. The van der Waals surface area contributed by atoms with Crippen LogP contribution in [0.25, 0.3) is 0 Å². The molecule has 1 rings (SSSR count). The Morgan fingerprint density at radius 1 is 1.69 bits per heavy atom. The molecular weight excluding hydrogens is 242 g/mol. The Bertz CT molecular complexity index is 301. The molecule has 0 aliphatic rings. The highest BCUT2D eigenvalue weighted by atomic mass is 32.2. The molecular formula is C11H17NO2S2. The summed E-state index contributed by atoms with van der Waals surface area (Å²) in [5.74, 6) is 0.363. The van der Waals surface area contributed by atoms with E-state index in [4.69, 9.17) is 5.21 Å². The van der Waals surface area contributed by atoms with E-state index in [9.17, 15) is 4.79 Å². The van der Waals surface area contributed by atoms with Crippen molar-refractivity contribution in [1.29, 1.82) is 0 Å². The first-order valence-corrected chi connectivity index (χ1v) is 7.24. The first kappa shape index (κ1) is 13.5. The van der Waals surface area contributed by atoms with Crippen LogP contribution in [0.3, 0.4) is 0 Å². The molecule has 0 radical (unpaired) electrons. The Morgan fingerprint density at radius 3 is 3.06 bits per heavy atom. The van der Waals surface area contributed by atoms with Crippen LogP contribution >= 0.6 is 23.1 Å². The van der Waals surface area contributed by atoms with Crippen LogP contribution in [0.4, 0.5) is 0 Å². The molecule has 0 spiro atoms. The van der Waals surface area contributed by atoms with E-state index < -0.39 is 0 Å². The third kappa shape index (κ3) is 4.55. The summed E-state index contributed by atoms with van der Waals surface area (Å²) >= 11 is 3.35. The molecule has 0 aliphatic heterocycles. The van der Waals surface area contributed by atoms with Gasteiger partial charge in [-0.3, -0.25) is 10.0 Å². The maximum atomic E-state index is 11.4. The van der Waals surface area contributed by atoms with Gasteiger partial charge in [-0.15, -0.1) is 23.1 Å². The molecule has 0 aliphatic carbocycles. The summed E-state index contributed by atoms with van der Waals surface area (Å²) in [5.41, 5.74) is 1.76. The van der Waals surface area contributed by atoms with E-state index >= 15 is 0 Å². The van der Waals surface area contributed by atoms with Gasteiger partial charge < -0.3 is 0 Å². The van der Waals surface area contributed by atoms with Crippen molar-refractivity contribution in [3.8, 4) is 0 Å². The molecule has 1 aromatic heterocycles. The zero-order chi connectivity index (χ0) is 11.8. The summed E-state index contributed by atoms with van der Waals surface area (Å²) in [4.78, 5) is 11.4. The van der Waals surface area contributed by atoms with Gasteiger partial charge in [0, 0.05) is 11.7 Å². The van der Waals surface area contributed by atoms with E-state index in [1.165, 1.54) is 4.21 Å². The second-order valence-electron chi connectivity index (χ2n) is 3.56. The molecule has 1 atom stereocenters. The summed E-state index contributed by atoms with van der Waals surface area (Å²) in [6.07, 6.45) is 2.92. The number of thioether (sulfide) groups is 1. The molecule has 90 valence electrons. The van der Waals surface area contributed by atoms with Crippen molar-refractivity contribution in [2.45, 2.75) is 30.4 Å². The largest absolute Gasteiger partial charge is 0.289 e. The lowest BCUT2D eigenvalue weighted by Gasteiger charge is -2.13. The number of hydroxylamine groups is 1. The summed E-state index contributed by atoms with van der Waals surface area (Å²) in [5, 5.41) is 10.7. The Hall–Kier alpha value is -0.520.